The van der Waals surface area contributed by atoms with E-state index in [1.807, 2.05) is 6.21 Å². The Bertz CT molecular complexity index is 841. The van der Waals surface area contributed by atoms with E-state index in [4.69, 9.17) is 19.8 Å². The molecule has 9 heteroatoms. The first-order chi connectivity index (χ1) is 16.0. The molecule has 0 radical (unpaired) electrons. The predicted molar refractivity (Wildman–Crippen MR) is 127 cm³/mol. The lowest BCUT2D eigenvalue weighted by Crippen LogP contribution is -2.52. The zero-order valence-corrected chi connectivity index (χ0v) is 19.5. The molecule has 3 unspecified atom stereocenters. The maximum absolute atomic E-state index is 10.6. The highest BCUT2D eigenvalue weighted by molar-refractivity contribution is 6.01. The number of aliphatic carboxylic acids is 1. The smallest absolute Gasteiger partial charge is 0.329 e. The number of nitrogens with one attached hydrogen (secondary N) is 1. The zero-order valence-electron chi connectivity index (χ0n) is 19.5. The topological polar surface area (TPSA) is 99.0 Å². The molecule has 4 rings (SSSR count). The number of hydrogen-bond donors (Lipinski definition) is 2. The molecule has 9 nitrogen and oxygen atoms in total. The van der Waals surface area contributed by atoms with E-state index in [9.17, 15) is 4.79 Å². The molecule has 0 spiro atoms. The summed E-state index contributed by atoms with van der Waals surface area (Å²) < 4.78 is 5.41. The van der Waals surface area contributed by atoms with Crippen LogP contribution >= 0.6 is 0 Å². The summed E-state index contributed by atoms with van der Waals surface area (Å²) >= 11 is 0. The zero-order chi connectivity index (χ0) is 23.2. The van der Waals surface area contributed by atoms with Gasteiger partial charge in [0.15, 0.2) is 0 Å². The van der Waals surface area contributed by atoms with Crippen molar-refractivity contribution in [1.82, 2.24) is 15.2 Å². The van der Waals surface area contributed by atoms with Crippen molar-refractivity contribution in [3.05, 3.63) is 35.4 Å². The lowest BCUT2D eigenvalue weighted by molar-refractivity contribution is -0.145. The third kappa shape index (κ3) is 6.52. The lowest BCUT2D eigenvalue weighted by atomic mass is 10.0. The number of piperidine rings is 1. The molecule has 2 fully saturated rings. The number of piperazine rings is 1. The van der Waals surface area contributed by atoms with Crippen molar-refractivity contribution in [1.29, 1.82) is 0 Å². The molecular formula is C24H35N5O4. The SMILES string of the molecule is CC1CNCC(C)N1N=Cc1ccc(C2=NOC(CN3CCC(OCC(=O)O)CC3)C2)cc1. The number of nitrogens with zero attached hydrogens (tertiary/aromatic N) is 4. The Labute approximate surface area is 195 Å². The number of carboxylic acid groups (broad SMARTS) is 1. The molecule has 1 aromatic rings. The van der Waals surface area contributed by atoms with E-state index >= 15 is 0 Å². The minimum atomic E-state index is -0.912. The summed E-state index contributed by atoms with van der Waals surface area (Å²) in [7, 11) is 0. The fraction of sp³-hybridized carbons (Fsp3) is 0.625. The Hall–Kier alpha value is -2.49. The average molecular weight is 458 g/mol. The van der Waals surface area contributed by atoms with Gasteiger partial charge in [-0.25, -0.2) is 4.79 Å². The van der Waals surface area contributed by atoms with Gasteiger partial charge in [0.25, 0.3) is 0 Å². The number of carbonyl (C=O) groups is 1. The Balaban J connectivity index is 1.22. The number of benzene rings is 1. The van der Waals surface area contributed by atoms with Crippen LogP contribution < -0.4 is 5.32 Å². The van der Waals surface area contributed by atoms with Crippen LogP contribution in [0.15, 0.2) is 34.5 Å². The minimum absolute atomic E-state index is 0.0358. The Kier molecular flexibility index (Phi) is 7.95. The number of hydrazone groups is 1. The van der Waals surface area contributed by atoms with Crippen molar-refractivity contribution in [3.63, 3.8) is 0 Å². The number of likely N-dealkylation sites (tertiary alicyclic amines) is 1. The van der Waals surface area contributed by atoms with Crippen LogP contribution in [0.3, 0.4) is 0 Å². The fourth-order valence-corrected chi connectivity index (χ4v) is 4.68. The Morgan fingerprint density at radius 2 is 1.94 bits per heavy atom. The van der Waals surface area contributed by atoms with E-state index in [-0.39, 0.29) is 18.8 Å². The van der Waals surface area contributed by atoms with E-state index < -0.39 is 5.97 Å². The fourth-order valence-electron chi connectivity index (χ4n) is 4.68. The third-order valence-electron chi connectivity index (χ3n) is 6.54. The van der Waals surface area contributed by atoms with Crippen molar-refractivity contribution in [3.8, 4) is 0 Å². The van der Waals surface area contributed by atoms with E-state index in [2.05, 4.69) is 58.5 Å². The molecule has 3 atom stereocenters. The highest BCUT2D eigenvalue weighted by Crippen LogP contribution is 2.21. The van der Waals surface area contributed by atoms with Gasteiger partial charge < -0.3 is 20.0 Å². The Morgan fingerprint density at radius 1 is 1.24 bits per heavy atom. The summed E-state index contributed by atoms with van der Waals surface area (Å²) in [5, 5.41) is 23.4. The second kappa shape index (κ2) is 11.1. The summed E-state index contributed by atoms with van der Waals surface area (Å²) in [5.41, 5.74) is 3.13. The molecule has 3 heterocycles. The first-order valence-corrected chi connectivity index (χ1v) is 11.9. The first kappa shape index (κ1) is 23.7. The summed E-state index contributed by atoms with van der Waals surface area (Å²) in [6, 6.07) is 9.09. The monoisotopic (exact) mass is 457 g/mol. The van der Waals surface area contributed by atoms with E-state index in [1.165, 1.54) is 0 Å². The van der Waals surface area contributed by atoms with Crippen molar-refractivity contribution >= 4 is 17.9 Å². The number of ether oxygens (including phenoxy) is 1. The van der Waals surface area contributed by atoms with Gasteiger partial charge in [-0.05, 0) is 37.8 Å². The second-order valence-corrected chi connectivity index (χ2v) is 9.28. The van der Waals surface area contributed by atoms with Crippen LogP contribution in [0.4, 0.5) is 0 Å². The molecule has 33 heavy (non-hydrogen) atoms. The van der Waals surface area contributed by atoms with E-state index in [0.717, 1.165) is 68.8 Å². The maximum Gasteiger partial charge on any atom is 0.329 e. The van der Waals surface area contributed by atoms with E-state index in [0.29, 0.717) is 12.1 Å². The average Bonchev–Trinajstić information content (AvgIpc) is 3.27. The summed E-state index contributed by atoms with van der Waals surface area (Å²) in [4.78, 5) is 18.7. The van der Waals surface area contributed by atoms with Gasteiger partial charge in [0.1, 0.15) is 12.7 Å². The number of carboxylic acids is 1. The van der Waals surface area contributed by atoms with Crippen LogP contribution in [0, 0.1) is 0 Å². The quantitative estimate of drug-likeness (QED) is 0.574. The van der Waals surface area contributed by atoms with Gasteiger partial charge in [-0.15, -0.1) is 0 Å². The molecule has 0 amide bonds. The molecule has 2 saturated heterocycles. The standard InChI is InChI=1S/C24H35N5O4/c1-17-12-25-13-18(2)29(17)26-14-19-3-5-20(6-4-19)23-11-22(33-27-23)15-28-9-7-21(8-10-28)32-16-24(30)31/h3-6,14,17-18,21-22,25H,7-13,15-16H2,1-2H3,(H,30,31). The van der Waals surface area contributed by atoms with Crippen LogP contribution in [-0.2, 0) is 14.4 Å². The molecular weight excluding hydrogens is 422 g/mol. The van der Waals surface area contributed by atoms with Gasteiger partial charge in [-0.2, -0.15) is 5.10 Å². The molecule has 0 aliphatic carbocycles. The number of rotatable bonds is 8. The lowest BCUT2D eigenvalue weighted by Gasteiger charge is -2.37. The van der Waals surface area contributed by atoms with Gasteiger partial charge in [0, 0.05) is 39.1 Å². The summed E-state index contributed by atoms with van der Waals surface area (Å²) in [5.74, 6) is -0.912. The minimum Gasteiger partial charge on any atom is -0.480 e. The highest BCUT2D eigenvalue weighted by Gasteiger charge is 2.27. The molecule has 180 valence electrons. The first-order valence-electron chi connectivity index (χ1n) is 11.9. The van der Waals surface area contributed by atoms with Gasteiger partial charge in [0.05, 0.1) is 30.1 Å². The predicted octanol–water partition coefficient (Wildman–Crippen LogP) is 1.76. The molecule has 2 N–H and O–H groups in total. The highest BCUT2D eigenvalue weighted by atomic mass is 16.6. The third-order valence-corrected chi connectivity index (χ3v) is 6.54. The molecule has 0 bridgehead atoms. The molecule has 3 aliphatic rings. The summed E-state index contributed by atoms with van der Waals surface area (Å²) in [6.45, 7) is 8.67. The van der Waals surface area contributed by atoms with Crippen molar-refractivity contribution in [2.24, 2.45) is 10.3 Å². The summed E-state index contributed by atoms with van der Waals surface area (Å²) in [6.07, 6.45) is 4.51. The van der Waals surface area contributed by atoms with E-state index in [1.54, 1.807) is 0 Å². The largest absolute Gasteiger partial charge is 0.480 e. The Morgan fingerprint density at radius 3 is 2.61 bits per heavy atom. The molecule has 1 aromatic carbocycles. The maximum atomic E-state index is 10.6. The van der Waals surface area contributed by atoms with Crippen molar-refractivity contribution in [2.45, 2.75) is 57.4 Å². The van der Waals surface area contributed by atoms with Gasteiger partial charge in [0.2, 0.25) is 0 Å². The van der Waals surface area contributed by atoms with Crippen molar-refractivity contribution in [2.75, 3.05) is 39.3 Å². The van der Waals surface area contributed by atoms with Crippen LogP contribution in [0.25, 0.3) is 0 Å². The van der Waals surface area contributed by atoms with Crippen LogP contribution in [0.5, 0.6) is 0 Å². The molecule has 0 aromatic heterocycles. The van der Waals surface area contributed by atoms with Gasteiger partial charge in [-0.1, -0.05) is 29.4 Å². The molecule has 3 aliphatic heterocycles. The van der Waals surface area contributed by atoms with Crippen LogP contribution in [-0.4, -0.2) is 96.5 Å². The second-order valence-electron chi connectivity index (χ2n) is 9.28. The van der Waals surface area contributed by atoms with Gasteiger partial charge in [-0.3, -0.25) is 9.91 Å². The van der Waals surface area contributed by atoms with Crippen LogP contribution in [0.2, 0.25) is 0 Å². The molecule has 0 saturated carbocycles. The normalized spacial score (nSPS) is 27.0. The van der Waals surface area contributed by atoms with Gasteiger partial charge >= 0.3 is 5.97 Å². The van der Waals surface area contributed by atoms with Crippen LogP contribution in [0.1, 0.15) is 44.2 Å². The van der Waals surface area contributed by atoms with Crippen molar-refractivity contribution < 1.29 is 19.5 Å². The number of oxime groups is 1. The number of hydrogen-bond acceptors (Lipinski definition) is 8.